The number of pyridine rings is 1. The van der Waals surface area contributed by atoms with Crippen LogP contribution >= 0.6 is 0 Å². The Morgan fingerprint density at radius 1 is 1.53 bits per heavy atom. The number of rotatable bonds is 6. The van der Waals surface area contributed by atoms with E-state index in [-0.39, 0.29) is 5.82 Å². The van der Waals surface area contributed by atoms with E-state index >= 15 is 0 Å². The molecule has 0 fully saturated rings. The van der Waals surface area contributed by atoms with Gasteiger partial charge < -0.3 is 20.5 Å². The maximum Gasteiger partial charge on any atom is 0.363 e. The number of anilines is 1. The minimum absolute atomic E-state index is 0.182. The number of nitrogens with zero attached hydrogens (tertiary/aromatic N) is 2. The third-order valence-electron chi connectivity index (χ3n) is 2.22. The van der Waals surface area contributed by atoms with Gasteiger partial charge in [-0.1, -0.05) is 13.8 Å². The first kappa shape index (κ1) is 13.4. The summed E-state index contributed by atoms with van der Waals surface area (Å²) < 4.78 is 0. The fourth-order valence-corrected chi connectivity index (χ4v) is 1.46. The van der Waals surface area contributed by atoms with Gasteiger partial charge in [0, 0.05) is 12.6 Å². The monoisotopic (exact) mass is 239 g/mol. The fraction of sp³-hybridized carbons (Fsp3) is 0.545. The van der Waals surface area contributed by atoms with Crippen molar-refractivity contribution in [3.63, 3.8) is 0 Å². The smallest absolute Gasteiger partial charge is 0.363 e. The van der Waals surface area contributed by atoms with Gasteiger partial charge in [-0.15, -0.1) is 0 Å². The summed E-state index contributed by atoms with van der Waals surface area (Å²) in [6.45, 7) is 4.49. The van der Waals surface area contributed by atoms with Crippen LogP contribution in [0.1, 0.15) is 20.3 Å². The van der Waals surface area contributed by atoms with Crippen LogP contribution in [0.15, 0.2) is 18.3 Å². The lowest BCUT2D eigenvalue weighted by molar-refractivity contribution is -0.389. The molecule has 0 spiro atoms. The van der Waals surface area contributed by atoms with Crippen LogP contribution in [-0.2, 0) is 0 Å². The first-order valence-electron chi connectivity index (χ1n) is 5.51. The van der Waals surface area contributed by atoms with Crippen molar-refractivity contribution in [1.82, 2.24) is 4.98 Å². The lowest BCUT2D eigenvalue weighted by atomic mass is 10.1. The highest BCUT2D eigenvalue weighted by Crippen LogP contribution is 2.12. The van der Waals surface area contributed by atoms with Crippen molar-refractivity contribution in [1.29, 1.82) is 0 Å². The maximum atomic E-state index is 10.4. The third-order valence-corrected chi connectivity index (χ3v) is 2.22. The van der Waals surface area contributed by atoms with Crippen molar-refractivity contribution in [2.75, 3.05) is 11.9 Å². The average molecular weight is 239 g/mol. The van der Waals surface area contributed by atoms with E-state index in [1.54, 1.807) is 6.07 Å². The molecular weight excluding hydrogens is 222 g/mol. The molecule has 0 amide bonds. The number of aliphatic hydroxyl groups excluding tert-OH is 1. The summed E-state index contributed by atoms with van der Waals surface area (Å²) in [5.41, 5.74) is 0.665. The second-order valence-electron chi connectivity index (χ2n) is 4.33. The molecule has 0 saturated carbocycles. The second-order valence-corrected chi connectivity index (χ2v) is 4.33. The van der Waals surface area contributed by atoms with Crippen LogP contribution in [0, 0.1) is 16.0 Å². The van der Waals surface area contributed by atoms with E-state index in [1.807, 2.05) is 13.8 Å². The normalized spacial score (nSPS) is 12.5. The van der Waals surface area contributed by atoms with E-state index in [2.05, 4.69) is 10.3 Å². The van der Waals surface area contributed by atoms with Crippen LogP contribution in [0.3, 0.4) is 0 Å². The van der Waals surface area contributed by atoms with Crippen LogP contribution in [-0.4, -0.2) is 27.7 Å². The Morgan fingerprint density at radius 3 is 2.71 bits per heavy atom. The van der Waals surface area contributed by atoms with E-state index in [4.69, 9.17) is 0 Å². The summed E-state index contributed by atoms with van der Waals surface area (Å²) in [4.78, 5) is 13.5. The number of aliphatic hydroxyl groups is 1. The van der Waals surface area contributed by atoms with Crippen LogP contribution in [0.25, 0.3) is 0 Å². The summed E-state index contributed by atoms with van der Waals surface area (Å²) in [5.74, 6) is 0.250. The van der Waals surface area contributed by atoms with E-state index in [9.17, 15) is 15.2 Å². The van der Waals surface area contributed by atoms with Gasteiger partial charge in [-0.25, -0.2) is 0 Å². The van der Waals surface area contributed by atoms with Crippen LogP contribution < -0.4 is 5.32 Å². The number of nitro groups is 1. The molecule has 1 unspecified atom stereocenters. The molecule has 1 rings (SSSR count). The Morgan fingerprint density at radius 2 is 2.24 bits per heavy atom. The van der Waals surface area contributed by atoms with E-state index in [0.717, 1.165) is 0 Å². The molecule has 0 aliphatic carbocycles. The molecule has 0 aromatic carbocycles. The first-order valence-corrected chi connectivity index (χ1v) is 5.51. The lowest BCUT2D eigenvalue weighted by Crippen LogP contribution is -2.21. The molecule has 0 bridgehead atoms. The minimum atomic E-state index is -0.544. The fourth-order valence-electron chi connectivity index (χ4n) is 1.46. The zero-order chi connectivity index (χ0) is 12.8. The molecule has 0 aliphatic rings. The molecule has 1 heterocycles. The maximum absolute atomic E-state index is 10.4. The van der Waals surface area contributed by atoms with Crippen molar-refractivity contribution in [2.24, 2.45) is 5.92 Å². The van der Waals surface area contributed by atoms with Gasteiger partial charge in [-0.05, 0) is 28.3 Å². The van der Waals surface area contributed by atoms with Gasteiger partial charge in [-0.2, -0.15) is 0 Å². The molecular formula is C11H17N3O3. The van der Waals surface area contributed by atoms with Gasteiger partial charge in [0.1, 0.15) is 0 Å². The molecule has 6 heteroatoms. The summed E-state index contributed by atoms with van der Waals surface area (Å²) in [7, 11) is 0. The summed E-state index contributed by atoms with van der Waals surface area (Å²) >= 11 is 0. The first-order chi connectivity index (χ1) is 7.99. The van der Waals surface area contributed by atoms with Gasteiger partial charge in [0.15, 0.2) is 6.20 Å². The van der Waals surface area contributed by atoms with Crippen molar-refractivity contribution in [3.8, 4) is 0 Å². The SMILES string of the molecule is CC(C)CC(O)CNc1ccc([N+](=O)[O-])nc1. The van der Waals surface area contributed by atoms with Crippen molar-refractivity contribution in [3.05, 3.63) is 28.4 Å². The van der Waals surface area contributed by atoms with Gasteiger partial charge in [0.25, 0.3) is 0 Å². The molecule has 1 atom stereocenters. The predicted molar refractivity (Wildman–Crippen MR) is 64.8 cm³/mol. The quantitative estimate of drug-likeness (QED) is 0.583. The minimum Gasteiger partial charge on any atom is -0.391 e. The Kier molecular flexibility index (Phi) is 4.84. The average Bonchev–Trinajstić information content (AvgIpc) is 2.26. The van der Waals surface area contributed by atoms with Gasteiger partial charge in [0.2, 0.25) is 0 Å². The van der Waals surface area contributed by atoms with Crippen molar-refractivity contribution in [2.45, 2.75) is 26.4 Å². The topological polar surface area (TPSA) is 88.3 Å². The number of hydrogen-bond acceptors (Lipinski definition) is 5. The van der Waals surface area contributed by atoms with Gasteiger partial charge in [-0.3, -0.25) is 0 Å². The Balaban J connectivity index is 2.44. The second kappa shape index (κ2) is 6.15. The molecule has 6 nitrogen and oxygen atoms in total. The number of nitrogens with one attached hydrogen (secondary N) is 1. The largest absolute Gasteiger partial charge is 0.391 e. The third kappa shape index (κ3) is 4.78. The van der Waals surface area contributed by atoms with Gasteiger partial charge in [0.05, 0.1) is 11.8 Å². The highest BCUT2D eigenvalue weighted by atomic mass is 16.6. The molecule has 2 N–H and O–H groups in total. The summed E-state index contributed by atoms with van der Waals surface area (Å²) in [6.07, 6.45) is 1.68. The van der Waals surface area contributed by atoms with E-state index in [0.29, 0.717) is 24.6 Å². The van der Waals surface area contributed by atoms with E-state index < -0.39 is 11.0 Å². The van der Waals surface area contributed by atoms with Gasteiger partial charge >= 0.3 is 5.82 Å². The van der Waals surface area contributed by atoms with Crippen LogP contribution in [0.2, 0.25) is 0 Å². The lowest BCUT2D eigenvalue weighted by Gasteiger charge is -2.13. The summed E-state index contributed by atoms with van der Waals surface area (Å²) in [5, 5.41) is 23.0. The zero-order valence-electron chi connectivity index (χ0n) is 9.96. The molecule has 0 radical (unpaired) electrons. The van der Waals surface area contributed by atoms with Crippen molar-refractivity contribution < 1.29 is 10.0 Å². The predicted octanol–water partition coefficient (Wildman–Crippen LogP) is 1.81. The Hall–Kier alpha value is -1.69. The molecule has 1 aromatic rings. The standard InChI is InChI=1S/C11H17N3O3/c1-8(2)5-10(15)7-12-9-3-4-11(13-6-9)14(16)17/h3-4,6,8,10,12,15H,5,7H2,1-2H3. The molecule has 94 valence electrons. The molecule has 0 aliphatic heterocycles. The molecule has 17 heavy (non-hydrogen) atoms. The highest BCUT2D eigenvalue weighted by molar-refractivity contribution is 5.43. The van der Waals surface area contributed by atoms with Crippen LogP contribution in [0.4, 0.5) is 11.5 Å². The Labute approximate surface area is 99.8 Å². The number of hydrogen-bond donors (Lipinski definition) is 2. The Bertz CT molecular complexity index is 365. The summed E-state index contributed by atoms with van der Waals surface area (Å²) in [6, 6.07) is 2.91. The zero-order valence-corrected chi connectivity index (χ0v) is 9.96. The molecule has 0 saturated heterocycles. The number of aromatic nitrogens is 1. The van der Waals surface area contributed by atoms with Crippen LogP contribution in [0.5, 0.6) is 0 Å². The van der Waals surface area contributed by atoms with E-state index in [1.165, 1.54) is 12.3 Å². The van der Waals surface area contributed by atoms with Crippen molar-refractivity contribution >= 4 is 11.5 Å². The highest BCUT2D eigenvalue weighted by Gasteiger charge is 2.09. The molecule has 1 aromatic heterocycles.